The summed E-state index contributed by atoms with van der Waals surface area (Å²) in [6.07, 6.45) is 5.66. The predicted molar refractivity (Wildman–Crippen MR) is 80.1 cm³/mol. The quantitative estimate of drug-likeness (QED) is 0.785. The Morgan fingerprint density at radius 3 is 2.90 bits per heavy atom. The maximum Gasteiger partial charge on any atom is 0.315 e. The number of nitrogens with one attached hydrogen (secondary N) is 2. The molecule has 0 heterocycles. The van der Waals surface area contributed by atoms with E-state index in [4.69, 9.17) is 4.74 Å². The summed E-state index contributed by atoms with van der Waals surface area (Å²) < 4.78 is 5.63. The first-order valence-electron chi connectivity index (χ1n) is 7.54. The molecule has 1 aliphatic carbocycles. The smallest absolute Gasteiger partial charge is 0.315 e. The minimum absolute atomic E-state index is 0.0807. The van der Waals surface area contributed by atoms with Gasteiger partial charge in [0.1, 0.15) is 12.4 Å². The van der Waals surface area contributed by atoms with Gasteiger partial charge in [0.25, 0.3) is 0 Å². The van der Waals surface area contributed by atoms with E-state index in [-0.39, 0.29) is 6.03 Å². The van der Waals surface area contributed by atoms with Crippen LogP contribution in [-0.4, -0.2) is 25.2 Å². The SMILES string of the molecule is CCc1cccc(OCCNC(=O)NC2CCCC2)c1. The standard InChI is InChI=1S/C16H24N2O2/c1-2-13-6-5-9-15(12-13)20-11-10-17-16(19)18-14-7-3-4-8-14/h5-6,9,12,14H,2-4,7-8,10-11H2,1H3,(H2,17,18,19). The van der Waals surface area contributed by atoms with Crippen LogP contribution in [0.4, 0.5) is 4.79 Å². The first-order chi connectivity index (χ1) is 9.78. The van der Waals surface area contributed by atoms with E-state index in [1.165, 1.54) is 18.4 Å². The van der Waals surface area contributed by atoms with Crippen LogP contribution in [0, 0.1) is 0 Å². The molecular weight excluding hydrogens is 252 g/mol. The second-order valence-electron chi connectivity index (χ2n) is 5.23. The summed E-state index contributed by atoms with van der Waals surface area (Å²) in [7, 11) is 0. The number of aryl methyl sites for hydroxylation is 1. The van der Waals surface area contributed by atoms with E-state index in [0.29, 0.717) is 19.2 Å². The van der Waals surface area contributed by atoms with Crippen molar-refractivity contribution in [2.24, 2.45) is 0 Å². The Balaban J connectivity index is 1.61. The Labute approximate surface area is 120 Å². The molecule has 110 valence electrons. The van der Waals surface area contributed by atoms with Crippen LogP contribution < -0.4 is 15.4 Å². The summed E-state index contributed by atoms with van der Waals surface area (Å²) in [5.74, 6) is 0.863. The second-order valence-corrected chi connectivity index (χ2v) is 5.23. The molecule has 1 aliphatic rings. The van der Waals surface area contributed by atoms with Gasteiger partial charge in [-0.1, -0.05) is 31.9 Å². The van der Waals surface area contributed by atoms with Crippen molar-refractivity contribution < 1.29 is 9.53 Å². The van der Waals surface area contributed by atoms with Gasteiger partial charge >= 0.3 is 6.03 Å². The zero-order valence-corrected chi connectivity index (χ0v) is 12.2. The molecule has 0 atom stereocenters. The lowest BCUT2D eigenvalue weighted by molar-refractivity contribution is 0.233. The van der Waals surface area contributed by atoms with Gasteiger partial charge in [-0.3, -0.25) is 0 Å². The average Bonchev–Trinajstić information content (AvgIpc) is 2.97. The van der Waals surface area contributed by atoms with Crippen molar-refractivity contribution in [3.63, 3.8) is 0 Å². The van der Waals surface area contributed by atoms with Crippen molar-refractivity contribution in [2.75, 3.05) is 13.2 Å². The van der Waals surface area contributed by atoms with Gasteiger partial charge in [0.05, 0.1) is 6.54 Å². The number of carbonyl (C=O) groups excluding carboxylic acids is 1. The number of rotatable bonds is 6. The summed E-state index contributed by atoms with van der Waals surface area (Å²) in [4.78, 5) is 11.6. The van der Waals surface area contributed by atoms with Crippen molar-refractivity contribution in [1.82, 2.24) is 10.6 Å². The fraction of sp³-hybridized carbons (Fsp3) is 0.562. The van der Waals surface area contributed by atoms with Crippen molar-refractivity contribution in [2.45, 2.75) is 45.1 Å². The largest absolute Gasteiger partial charge is 0.492 e. The maximum absolute atomic E-state index is 11.6. The molecule has 1 aromatic rings. The van der Waals surface area contributed by atoms with Crippen molar-refractivity contribution in [3.05, 3.63) is 29.8 Å². The molecule has 2 rings (SSSR count). The summed E-state index contributed by atoms with van der Waals surface area (Å²) >= 11 is 0. The van der Waals surface area contributed by atoms with Gasteiger partial charge in [-0.05, 0) is 37.0 Å². The van der Waals surface area contributed by atoms with E-state index >= 15 is 0 Å². The molecule has 0 aromatic heterocycles. The third-order valence-electron chi connectivity index (χ3n) is 3.65. The molecule has 0 bridgehead atoms. The molecular formula is C16H24N2O2. The molecule has 2 N–H and O–H groups in total. The van der Waals surface area contributed by atoms with Gasteiger partial charge in [0, 0.05) is 6.04 Å². The number of benzene rings is 1. The highest BCUT2D eigenvalue weighted by Crippen LogP contribution is 2.17. The Kier molecular flexibility index (Phi) is 5.71. The van der Waals surface area contributed by atoms with E-state index < -0.39 is 0 Å². The van der Waals surface area contributed by atoms with Crippen LogP contribution in [0.15, 0.2) is 24.3 Å². The number of ether oxygens (including phenoxy) is 1. The van der Waals surface area contributed by atoms with Crippen LogP contribution in [0.3, 0.4) is 0 Å². The Morgan fingerprint density at radius 1 is 1.35 bits per heavy atom. The number of carbonyl (C=O) groups is 1. The molecule has 0 spiro atoms. The average molecular weight is 276 g/mol. The number of hydrogen-bond donors (Lipinski definition) is 2. The van der Waals surface area contributed by atoms with Crippen LogP contribution in [0.5, 0.6) is 5.75 Å². The zero-order chi connectivity index (χ0) is 14.2. The van der Waals surface area contributed by atoms with Gasteiger partial charge in [-0.25, -0.2) is 4.79 Å². The van der Waals surface area contributed by atoms with Crippen molar-refractivity contribution >= 4 is 6.03 Å². The molecule has 1 aromatic carbocycles. The van der Waals surface area contributed by atoms with Crippen molar-refractivity contribution in [3.8, 4) is 5.75 Å². The fourth-order valence-electron chi connectivity index (χ4n) is 2.50. The Hall–Kier alpha value is -1.71. The van der Waals surface area contributed by atoms with E-state index in [1.54, 1.807) is 0 Å². The zero-order valence-electron chi connectivity index (χ0n) is 12.2. The molecule has 1 saturated carbocycles. The first-order valence-corrected chi connectivity index (χ1v) is 7.54. The third-order valence-corrected chi connectivity index (χ3v) is 3.65. The van der Waals surface area contributed by atoms with Gasteiger partial charge in [-0.2, -0.15) is 0 Å². The Bertz CT molecular complexity index is 428. The first kappa shape index (κ1) is 14.7. The second kappa shape index (κ2) is 7.78. The van der Waals surface area contributed by atoms with Crippen LogP contribution in [0.1, 0.15) is 38.2 Å². The van der Waals surface area contributed by atoms with Gasteiger partial charge in [0.2, 0.25) is 0 Å². The normalized spacial score (nSPS) is 15.1. The predicted octanol–water partition coefficient (Wildman–Crippen LogP) is 2.87. The lowest BCUT2D eigenvalue weighted by Gasteiger charge is -2.13. The summed E-state index contributed by atoms with van der Waals surface area (Å²) in [5, 5.41) is 5.82. The topological polar surface area (TPSA) is 50.4 Å². The van der Waals surface area contributed by atoms with Gasteiger partial charge < -0.3 is 15.4 Å². The molecule has 0 unspecified atom stereocenters. The molecule has 4 nitrogen and oxygen atoms in total. The van der Waals surface area contributed by atoms with Gasteiger partial charge in [-0.15, -0.1) is 0 Å². The summed E-state index contributed by atoms with van der Waals surface area (Å²) in [6, 6.07) is 8.34. The van der Waals surface area contributed by atoms with Gasteiger partial charge in [0.15, 0.2) is 0 Å². The molecule has 20 heavy (non-hydrogen) atoms. The van der Waals surface area contributed by atoms with Crippen LogP contribution in [-0.2, 0) is 6.42 Å². The molecule has 4 heteroatoms. The van der Waals surface area contributed by atoms with Crippen molar-refractivity contribution in [1.29, 1.82) is 0 Å². The number of amides is 2. The fourth-order valence-corrected chi connectivity index (χ4v) is 2.50. The number of hydrogen-bond acceptors (Lipinski definition) is 2. The van der Waals surface area contributed by atoms with Crippen LogP contribution >= 0.6 is 0 Å². The molecule has 0 aliphatic heterocycles. The third kappa shape index (κ3) is 4.76. The monoisotopic (exact) mass is 276 g/mol. The molecule has 0 saturated heterocycles. The summed E-state index contributed by atoms with van der Waals surface area (Å²) in [5.41, 5.74) is 1.26. The molecule has 2 amide bonds. The highest BCUT2D eigenvalue weighted by atomic mass is 16.5. The lowest BCUT2D eigenvalue weighted by atomic mass is 10.2. The molecule has 0 radical (unpaired) electrons. The highest BCUT2D eigenvalue weighted by Gasteiger charge is 2.16. The van der Waals surface area contributed by atoms with E-state index in [9.17, 15) is 4.79 Å². The summed E-state index contributed by atoms with van der Waals surface area (Å²) in [6.45, 7) is 3.13. The maximum atomic E-state index is 11.6. The Morgan fingerprint density at radius 2 is 2.15 bits per heavy atom. The van der Waals surface area contributed by atoms with E-state index in [2.05, 4.69) is 23.6 Å². The van der Waals surface area contributed by atoms with E-state index in [0.717, 1.165) is 25.0 Å². The minimum Gasteiger partial charge on any atom is -0.492 e. The van der Waals surface area contributed by atoms with Crippen LogP contribution in [0.2, 0.25) is 0 Å². The lowest BCUT2D eigenvalue weighted by Crippen LogP contribution is -2.42. The van der Waals surface area contributed by atoms with Crippen LogP contribution in [0.25, 0.3) is 0 Å². The highest BCUT2D eigenvalue weighted by molar-refractivity contribution is 5.74. The van der Waals surface area contributed by atoms with E-state index in [1.807, 2.05) is 18.2 Å². The molecule has 1 fully saturated rings. The minimum atomic E-state index is -0.0807. The number of urea groups is 1.